The fraction of sp³-hybridized carbons (Fsp3) is 0.938. The van der Waals surface area contributed by atoms with Gasteiger partial charge in [0.1, 0.15) is 0 Å². The molecule has 0 atom stereocenters. The zero-order valence-corrected chi connectivity index (χ0v) is 12.5. The van der Waals surface area contributed by atoms with Crippen molar-refractivity contribution >= 4 is 5.91 Å². The van der Waals surface area contributed by atoms with E-state index >= 15 is 0 Å². The predicted molar refractivity (Wildman–Crippen MR) is 79.1 cm³/mol. The van der Waals surface area contributed by atoms with Gasteiger partial charge in [0.05, 0.1) is 6.54 Å². The van der Waals surface area contributed by atoms with Gasteiger partial charge in [-0.15, -0.1) is 0 Å². The summed E-state index contributed by atoms with van der Waals surface area (Å²) in [5.41, 5.74) is 0. The SMILES string of the molecule is CC1CCN(CC(=O)NC2CCCCCCC2)CC1. The third-order valence-corrected chi connectivity index (χ3v) is 4.71. The van der Waals surface area contributed by atoms with E-state index in [-0.39, 0.29) is 5.91 Å². The van der Waals surface area contributed by atoms with Crippen LogP contribution in [-0.4, -0.2) is 36.5 Å². The molecule has 1 N–H and O–H groups in total. The molecule has 0 aromatic rings. The third-order valence-electron chi connectivity index (χ3n) is 4.71. The van der Waals surface area contributed by atoms with Gasteiger partial charge in [0.2, 0.25) is 5.91 Å². The fourth-order valence-corrected chi connectivity index (χ4v) is 3.30. The Morgan fingerprint density at radius 1 is 1.00 bits per heavy atom. The standard InChI is InChI=1S/C16H30N2O/c1-14-9-11-18(12-10-14)13-16(19)17-15-7-5-3-2-4-6-8-15/h14-15H,2-13H2,1H3,(H,17,19). The lowest BCUT2D eigenvalue weighted by atomic mass is 9.96. The quantitative estimate of drug-likeness (QED) is 0.852. The number of nitrogens with zero attached hydrogens (tertiary/aromatic N) is 1. The predicted octanol–water partition coefficient (Wildman–Crippen LogP) is 2.95. The van der Waals surface area contributed by atoms with E-state index in [0.29, 0.717) is 12.6 Å². The maximum absolute atomic E-state index is 12.1. The molecule has 0 aromatic carbocycles. The number of rotatable bonds is 3. The highest BCUT2D eigenvalue weighted by molar-refractivity contribution is 5.78. The van der Waals surface area contributed by atoms with E-state index in [2.05, 4.69) is 17.1 Å². The van der Waals surface area contributed by atoms with Crippen LogP contribution in [0.2, 0.25) is 0 Å². The van der Waals surface area contributed by atoms with Gasteiger partial charge in [-0.2, -0.15) is 0 Å². The smallest absolute Gasteiger partial charge is 0.234 e. The van der Waals surface area contributed by atoms with Crippen molar-refractivity contribution in [2.24, 2.45) is 5.92 Å². The number of hydrogen-bond donors (Lipinski definition) is 1. The lowest BCUT2D eigenvalue weighted by Crippen LogP contribution is -2.44. The second-order valence-electron chi connectivity index (χ2n) is 6.57. The van der Waals surface area contributed by atoms with Gasteiger partial charge in [-0.1, -0.05) is 39.0 Å². The number of hydrogen-bond acceptors (Lipinski definition) is 2. The maximum atomic E-state index is 12.1. The summed E-state index contributed by atoms with van der Waals surface area (Å²) in [7, 11) is 0. The molecule has 2 fully saturated rings. The largest absolute Gasteiger partial charge is 0.352 e. The van der Waals surface area contributed by atoms with Gasteiger partial charge in [0, 0.05) is 6.04 Å². The van der Waals surface area contributed by atoms with Crippen LogP contribution in [0.5, 0.6) is 0 Å². The van der Waals surface area contributed by atoms with Crippen molar-refractivity contribution in [2.75, 3.05) is 19.6 Å². The molecule has 0 radical (unpaired) electrons. The first-order chi connectivity index (χ1) is 9.24. The molecule has 0 aromatic heterocycles. The first-order valence-electron chi connectivity index (χ1n) is 8.26. The normalized spacial score (nSPS) is 24.7. The van der Waals surface area contributed by atoms with Gasteiger partial charge in [-0.25, -0.2) is 0 Å². The van der Waals surface area contributed by atoms with Gasteiger partial charge < -0.3 is 5.32 Å². The summed E-state index contributed by atoms with van der Waals surface area (Å²) in [6.45, 7) is 5.12. The summed E-state index contributed by atoms with van der Waals surface area (Å²) in [6.07, 6.45) is 11.5. The molecule has 2 aliphatic rings. The summed E-state index contributed by atoms with van der Waals surface area (Å²) < 4.78 is 0. The van der Waals surface area contributed by atoms with Gasteiger partial charge in [-0.05, 0) is 44.7 Å². The molecule has 1 saturated carbocycles. The Morgan fingerprint density at radius 3 is 2.21 bits per heavy atom. The van der Waals surface area contributed by atoms with E-state index in [0.717, 1.165) is 19.0 Å². The van der Waals surface area contributed by atoms with Crippen LogP contribution in [-0.2, 0) is 4.79 Å². The van der Waals surface area contributed by atoms with E-state index in [9.17, 15) is 4.79 Å². The topological polar surface area (TPSA) is 32.3 Å². The molecule has 0 spiro atoms. The van der Waals surface area contributed by atoms with Crippen molar-refractivity contribution in [3.8, 4) is 0 Å². The Hall–Kier alpha value is -0.570. The van der Waals surface area contributed by atoms with Crippen molar-refractivity contribution in [1.29, 1.82) is 0 Å². The van der Waals surface area contributed by atoms with Crippen LogP contribution >= 0.6 is 0 Å². The molecule has 110 valence electrons. The van der Waals surface area contributed by atoms with Gasteiger partial charge >= 0.3 is 0 Å². The van der Waals surface area contributed by atoms with Crippen molar-refractivity contribution in [3.63, 3.8) is 0 Å². The zero-order valence-electron chi connectivity index (χ0n) is 12.5. The van der Waals surface area contributed by atoms with Crippen molar-refractivity contribution in [2.45, 2.75) is 70.8 Å². The fourth-order valence-electron chi connectivity index (χ4n) is 3.30. The molecular formula is C16H30N2O. The highest BCUT2D eigenvalue weighted by Gasteiger charge is 2.19. The van der Waals surface area contributed by atoms with Crippen LogP contribution in [0.3, 0.4) is 0 Å². The van der Waals surface area contributed by atoms with E-state index in [1.807, 2.05) is 0 Å². The van der Waals surface area contributed by atoms with Crippen molar-refractivity contribution < 1.29 is 4.79 Å². The molecular weight excluding hydrogens is 236 g/mol. The van der Waals surface area contributed by atoms with Crippen LogP contribution < -0.4 is 5.32 Å². The van der Waals surface area contributed by atoms with Crippen LogP contribution in [0.15, 0.2) is 0 Å². The minimum absolute atomic E-state index is 0.250. The summed E-state index contributed by atoms with van der Waals surface area (Å²) in [5, 5.41) is 3.26. The second kappa shape index (κ2) is 7.88. The molecule has 1 amide bonds. The molecule has 2 rings (SSSR count). The van der Waals surface area contributed by atoms with Crippen LogP contribution in [0, 0.1) is 5.92 Å². The zero-order chi connectivity index (χ0) is 13.5. The summed E-state index contributed by atoms with van der Waals surface area (Å²) in [5.74, 6) is 1.09. The van der Waals surface area contributed by atoms with Crippen molar-refractivity contribution in [3.05, 3.63) is 0 Å². The lowest BCUT2D eigenvalue weighted by Gasteiger charge is -2.30. The van der Waals surface area contributed by atoms with Crippen LogP contribution in [0.25, 0.3) is 0 Å². The summed E-state index contributed by atoms with van der Waals surface area (Å²) >= 11 is 0. The Labute approximate surface area is 118 Å². The van der Waals surface area contributed by atoms with Gasteiger partial charge in [0.15, 0.2) is 0 Å². The molecule has 1 aliphatic heterocycles. The third kappa shape index (κ3) is 5.52. The molecule has 0 bridgehead atoms. The number of nitrogens with one attached hydrogen (secondary N) is 1. The maximum Gasteiger partial charge on any atom is 0.234 e. The van der Waals surface area contributed by atoms with E-state index in [1.54, 1.807) is 0 Å². The first kappa shape index (κ1) is 14.8. The van der Waals surface area contributed by atoms with E-state index in [1.165, 1.54) is 57.8 Å². The minimum atomic E-state index is 0.250. The van der Waals surface area contributed by atoms with E-state index in [4.69, 9.17) is 0 Å². The van der Waals surface area contributed by atoms with Gasteiger partial charge in [-0.3, -0.25) is 9.69 Å². The summed E-state index contributed by atoms with van der Waals surface area (Å²) in [6, 6.07) is 0.441. The van der Waals surface area contributed by atoms with Crippen LogP contribution in [0.4, 0.5) is 0 Å². The van der Waals surface area contributed by atoms with E-state index < -0.39 is 0 Å². The molecule has 3 heteroatoms. The average molecular weight is 266 g/mol. The Balaban J connectivity index is 1.67. The molecule has 3 nitrogen and oxygen atoms in total. The molecule has 1 aliphatic carbocycles. The highest BCUT2D eigenvalue weighted by Crippen LogP contribution is 2.18. The summed E-state index contributed by atoms with van der Waals surface area (Å²) in [4.78, 5) is 14.4. The molecule has 1 heterocycles. The van der Waals surface area contributed by atoms with Gasteiger partial charge in [0.25, 0.3) is 0 Å². The van der Waals surface area contributed by atoms with Crippen molar-refractivity contribution in [1.82, 2.24) is 10.2 Å². The minimum Gasteiger partial charge on any atom is -0.352 e. The monoisotopic (exact) mass is 266 g/mol. The Morgan fingerprint density at radius 2 is 1.58 bits per heavy atom. The molecule has 19 heavy (non-hydrogen) atoms. The highest BCUT2D eigenvalue weighted by atomic mass is 16.2. The second-order valence-corrected chi connectivity index (χ2v) is 6.57. The number of piperidine rings is 1. The van der Waals surface area contributed by atoms with Crippen LogP contribution in [0.1, 0.15) is 64.7 Å². The number of carbonyl (C=O) groups excluding carboxylic acids is 1. The number of carbonyl (C=O) groups is 1. The molecule has 0 unspecified atom stereocenters. The molecule has 1 saturated heterocycles. The Bertz CT molecular complexity index is 264. The Kier molecular flexibility index (Phi) is 6.15. The number of amides is 1. The first-order valence-corrected chi connectivity index (χ1v) is 8.26. The average Bonchev–Trinajstić information content (AvgIpc) is 2.35. The lowest BCUT2D eigenvalue weighted by molar-refractivity contribution is -0.123. The number of likely N-dealkylation sites (tertiary alicyclic amines) is 1.